The van der Waals surface area contributed by atoms with Gasteiger partial charge in [-0.05, 0) is 24.3 Å². The summed E-state index contributed by atoms with van der Waals surface area (Å²) in [6.07, 6.45) is -3.14. The normalized spacial score (nSPS) is 13.1. The number of fused-ring (bicyclic) bond motifs is 1. The Morgan fingerprint density at radius 2 is 1.71 bits per heavy atom. The largest absolute Gasteiger partial charge is 0.486 e. The number of ether oxygens (including phenoxy) is 2. The minimum absolute atomic E-state index is 0.0701. The van der Waals surface area contributed by atoms with Crippen LogP contribution in [-0.4, -0.2) is 28.4 Å². The second-order valence-corrected chi connectivity index (χ2v) is 5.82. The first-order valence-electron chi connectivity index (χ1n) is 8.29. The summed E-state index contributed by atoms with van der Waals surface area (Å²) < 4.78 is 50.4. The van der Waals surface area contributed by atoms with E-state index in [0.29, 0.717) is 36.2 Å². The molecule has 0 saturated carbocycles. The Labute approximate surface area is 157 Å². The Morgan fingerprint density at radius 3 is 2.54 bits per heavy atom. The Balaban J connectivity index is 1.54. The quantitative estimate of drug-likeness (QED) is 0.694. The SMILES string of the molecule is FC(F)(F)c1ccccc1Nc1nncc(Nc2ccc3c(c2)OCCO3)n1. The van der Waals surface area contributed by atoms with Gasteiger partial charge >= 0.3 is 6.18 Å². The number of para-hydroxylation sites is 1. The van der Waals surface area contributed by atoms with Gasteiger partial charge in [-0.3, -0.25) is 0 Å². The number of nitrogens with zero attached hydrogens (tertiary/aromatic N) is 3. The fraction of sp³-hybridized carbons (Fsp3) is 0.167. The third-order valence-corrected chi connectivity index (χ3v) is 3.85. The number of aromatic nitrogens is 3. The van der Waals surface area contributed by atoms with E-state index in [0.717, 1.165) is 6.07 Å². The first-order valence-corrected chi connectivity index (χ1v) is 8.29. The van der Waals surface area contributed by atoms with E-state index >= 15 is 0 Å². The lowest BCUT2D eigenvalue weighted by Gasteiger charge is -2.19. The zero-order chi connectivity index (χ0) is 19.6. The first kappa shape index (κ1) is 17.8. The third kappa shape index (κ3) is 3.90. The van der Waals surface area contributed by atoms with Crippen LogP contribution < -0.4 is 20.1 Å². The molecule has 0 amide bonds. The Hall–Kier alpha value is -3.56. The lowest BCUT2D eigenvalue weighted by Crippen LogP contribution is -2.15. The van der Waals surface area contributed by atoms with E-state index in [-0.39, 0.29) is 11.6 Å². The second kappa shape index (κ2) is 7.22. The summed E-state index contributed by atoms with van der Waals surface area (Å²) in [7, 11) is 0. The molecule has 0 radical (unpaired) electrons. The molecule has 0 saturated heterocycles. The van der Waals surface area contributed by atoms with Gasteiger partial charge in [0.2, 0.25) is 5.95 Å². The maximum atomic E-state index is 13.1. The molecule has 28 heavy (non-hydrogen) atoms. The molecule has 0 aliphatic carbocycles. The van der Waals surface area contributed by atoms with Crippen LogP contribution >= 0.6 is 0 Å². The first-order chi connectivity index (χ1) is 13.5. The zero-order valence-electron chi connectivity index (χ0n) is 14.3. The maximum Gasteiger partial charge on any atom is 0.418 e. The average Bonchev–Trinajstić information content (AvgIpc) is 2.68. The Kier molecular flexibility index (Phi) is 4.60. The molecule has 144 valence electrons. The van der Waals surface area contributed by atoms with Gasteiger partial charge < -0.3 is 20.1 Å². The van der Waals surface area contributed by atoms with Gasteiger partial charge in [0, 0.05) is 11.8 Å². The number of benzene rings is 2. The molecule has 7 nitrogen and oxygen atoms in total. The number of alkyl halides is 3. The lowest BCUT2D eigenvalue weighted by atomic mass is 10.1. The molecule has 0 spiro atoms. The van der Waals surface area contributed by atoms with E-state index in [1.165, 1.54) is 24.4 Å². The monoisotopic (exact) mass is 389 g/mol. The molecule has 3 aromatic rings. The van der Waals surface area contributed by atoms with Crippen molar-refractivity contribution in [3.05, 3.63) is 54.2 Å². The van der Waals surface area contributed by atoms with E-state index < -0.39 is 11.7 Å². The molecule has 2 aromatic carbocycles. The number of halogens is 3. The highest BCUT2D eigenvalue weighted by Crippen LogP contribution is 2.36. The summed E-state index contributed by atoms with van der Waals surface area (Å²) >= 11 is 0. The predicted octanol–water partition coefficient (Wildman–Crippen LogP) is 4.15. The van der Waals surface area contributed by atoms with Crippen molar-refractivity contribution < 1.29 is 22.6 Å². The Morgan fingerprint density at radius 1 is 0.929 bits per heavy atom. The van der Waals surface area contributed by atoms with E-state index in [1.807, 2.05) is 0 Å². The zero-order valence-corrected chi connectivity index (χ0v) is 14.3. The van der Waals surface area contributed by atoms with Crippen molar-refractivity contribution in [1.29, 1.82) is 0 Å². The van der Waals surface area contributed by atoms with Crippen molar-refractivity contribution in [1.82, 2.24) is 15.2 Å². The molecule has 4 rings (SSSR count). The predicted molar refractivity (Wildman–Crippen MR) is 95.3 cm³/mol. The average molecular weight is 389 g/mol. The summed E-state index contributed by atoms with van der Waals surface area (Å²) in [6.45, 7) is 0.947. The fourth-order valence-corrected chi connectivity index (χ4v) is 2.65. The number of nitrogens with one attached hydrogen (secondary N) is 2. The second-order valence-electron chi connectivity index (χ2n) is 5.82. The summed E-state index contributed by atoms with van der Waals surface area (Å²) in [5.41, 5.74) is -0.316. The number of anilines is 4. The van der Waals surface area contributed by atoms with Crippen LogP contribution in [0.1, 0.15) is 5.56 Å². The van der Waals surface area contributed by atoms with E-state index in [2.05, 4.69) is 25.8 Å². The molecule has 0 fully saturated rings. The van der Waals surface area contributed by atoms with Crippen molar-refractivity contribution in [2.45, 2.75) is 6.18 Å². The van der Waals surface area contributed by atoms with Crippen LogP contribution in [-0.2, 0) is 6.18 Å². The summed E-state index contributed by atoms with van der Waals surface area (Å²) in [6, 6.07) is 10.3. The number of hydrogen-bond acceptors (Lipinski definition) is 7. The number of rotatable bonds is 4. The smallest absolute Gasteiger partial charge is 0.418 e. The van der Waals surface area contributed by atoms with Gasteiger partial charge in [0.25, 0.3) is 0 Å². The molecule has 2 heterocycles. The van der Waals surface area contributed by atoms with Crippen LogP contribution in [0.3, 0.4) is 0 Å². The highest BCUT2D eigenvalue weighted by molar-refractivity contribution is 5.63. The van der Waals surface area contributed by atoms with E-state index in [4.69, 9.17) is 9.47 Å². The van der Waals surface area contributed by atoms with Gasteiger partial charge in [-0.1, -0.05) is 12.1 Å². The Bertz CT molecular complexity index is 997. The molecule has 2 N–H and O–H groups in total. The van der Waals surface area contributed by atoms with Gasteiger partial charge in [-0.2, -0.15) is 23.3 Å². The molecule has 0 bridgehead atoms. The molecular weight excluding hydrogens is 375 g/mol. The van der Waals surface area contributed by atoms with Crippen molar-refractivity contribution in [3.63, 3.8) is 0 Å². The highest BCUT2D eigenvalue weighted by atomic mass is 19.4. The van der Waals surface area contributed by atoms with Crippen LogP contribution in [0.15, 0.2) is 48.7 Å². The standard InChI is InChI=1S/C18H14F3N5O2/c19-18(20,21)12-3-1-2-4-13(12)24-17-25-16(10-22-26-17)23-11-5-6-14-15(9-11)28-8-7-27-14/h1-6,9-10H,7-8H2,(H2,23,24,25,26). The highest BCUT2D eigenvalue weighted by Gasteiger charge is 2.33. The third-order valence-electron chi connectivity index (χ3n) is 3.85. The van der Waals surface area contributed by atoms with Gasteiger partial charge in [0.15, 0.2) is 17.3 Å². The molecule has 0 unspecified atom stereocenters. The summed E-state index contributed by atoms with van der Waals surface area (Å²) in [5, 5.41) is 13.1. The summed E-state index contributed by atoms with van der Waals surface area (Å²) in [4.78, 5) is 4.16. The molecule has 1 aliphatic heterocycles. The van der Waals surface area contributed by atoms with Crippen molar-refractivity contribution in [3.8, 4) is 11.5 Å². The van der Waals surface area contributed by atoms with Crippen LogP contribution in [0.5, 0.6) is 11.5 Å². The number of hydrogen-bond donors (Lipinski definition) is 2. The fourth-order valence-electron chi connectivity index (χ4n) is 2.65. The van der Waals surface area contributed by atoms with E-state index in [1.54, 1.807) is 18.2 Å². The molecule has 1 aliphatic rings. The minimum Gasteiger partial charge on any atom is -0.486 e. The maximum absolute atomic E-state index is 13.1. The van der Waals surface area contributed by atoms with E-state index in [9.17, 15) is 13.2 Å². The molecule has 0 atom stereocenters. The van der Waals surface area contributed by atoms with Crippen LogP contribution in [0.2, 0.25) is 0 Å². The molecular formula is C18H14F3N5O2. The lowest BCUT2D eigenvalue weighted by molar-refractivity contribution is -0.136. The van der Waals surface area contributed by atoms with Gasteiger partial charge in [0.05, 0.1) is 17.4 Å². The topological polar surface area (TPSA) is 81.2 Å². The van der Waals surface area contributed by atoms with Gasteiger partial charge in [-0.25, -0.2) is 0 Å². The molecule has 1 aromatic heterocycles. The van der Waals surface area contributed by atoms with Gasteiger partial charge in [0.1, 0.15) is 13.2 Å². The van der Waals surface area contributed by atoms with Crippen molar-refractivity contribution >= 4 is 23.1 Å². The van der Waals surface area contributed by atoms with Crippen LogP contribution in [0.4, 0.5) is 36.3 Å². The van der Waals surface area contributed by atoms with Crippen molar-refractivity contribution in [2.24, 2.45) is 0 Å². The van der Waals surface area contributed by atoms with Crippen LogP contribution in [0.25, 0.3) is 0 Å². The summed E-state index contributed by atoms with van der Waals surface area (Å²) in [5.74, 6) is 1.47. The van der Waals surface area contributed by atoms with Gasteiger partial charge in [-0.15, -0.1) is 5.10 Å². The van der Waals surface area contributed by atoms with Crippen LogP contribution in [0, 0.1) is 0 Å². The minimum atomic E-state index is -4.50. The van der Waals surface area contributed by atoms with Crippen molar-refractivity contribution in [2.75, 3.05) is 23.8 Å². The molecule has 10 heteroatoms.